The summed E-state index contributed by atoms with van der Waals surface area (Å²) in [5, 5.41) is 9.11. The van der Waals surface area contributed by atoms with Gasteiger partial charge >= 0.3 is 0 Å². The maximum Gasteiger partial charge on any atom is 0.0668 e. The van der Waals surface area contributed by atoms with Crippen molar-refractivity contribution in [2.45, 2.75) is 18.9 Å². The number of nitrogens with two attached hydrogens (primary N) is 1. The lowest BCUT2D eigenvalue weighted by molar-refractivity contribution is 0.0722. The molecule has 0 aromatic carbocycles. The summed E-state index contributed by atoms with van der Waals surface area (Å²) in [5.41, 5.74) is 5.38. The molecule has 54 valence electrons. The van der Waals surface area contributed by atoms with Crippen LogP contribution in [0.4, 0.5) is 0 Å². The first-order valence-electron chi connectivity index (χ1n) is 3.43. The van der Waals surface area contributed by atoms with Crippen molar-refractivity contribution in [3.05, 3.63) is 0 Å². The van der Waals surface area contributed by atoms with E-state index in [-0.39, 0.29) is 6.10 Å². The van der Waals surface area contributed by atoms with E-state index in [9.17, 15) is 0 Å². The molecule has 0 amide bonds. The fourth-order valence-corrected chi connectivity index (χ4v) is 1.20. The zero-order valence-electron chi connectivity index (χ0n) is 5.58. The number of nitrogens with zero attached hydrogens (tertiary/aromatic N) is 1. The summed E-state index contributed by atoms with van der Waals surface area (Å²) < 4.78 is 0. The van der Waals surface area contributed by atoms with E-state index in [4.69, 9.17) is 10.8 Å². The Morgan fingerprint density at radius 2 is 2.44 bits per heavy atom. The van der Waals surface area contributed by atoms with Gasteiger partial charge in [-0.3, -0.25) is 4.90 Å². The van der Waals surface area contributed by atoms with Crippen LogP contribution in [0.3, 0.4) is 0 Å². The van der Waals surface area contributed by atoms with Crippen molar-refractivity contribution in [3.8, 4) is 0 Å². The molecular formula is C6H14N2O. The SMILES string of the molecule is NCN1CCCC(O)C1. The molecule has 0 aliphatic carbocycles. The summed E-state index contributed by atoms with van der Waals surface area (Å²) in [6.07, 6.45) is 1.89. The van der Waals surface area contributed by atoms with Crippen LogP contribution in [0.1, 0.15) is 12.8 Å². The first kappa shape index (κ1) is 6.99. The molecule has 1 aliphatic rings. The van der Waals surface area contributed by atoms with Gasteiger partial charge < -0.3 is 10.8 Å². The second-order valence-corrected chi connectivity index (χ2v) is 2.56. The van der Waals surface area contributed by atoms with Crippen LogP contribution >= 0.6 is 0 Å². The molecule has 1 aliphatic heterocycles. The number of hydrogen-bond donors (Lipinski definition) is 2. The van der Waals surface area contributed by atoms with Crippen LogP contribution in [0, 0.1) is 0 Å². The lowest BCUT2D eigenvalue weighted by Gasteiger charge is -2.28. The fraction of sp³-hybridized carbons (Fsp3) is 1.00. The third-order valence-corrected chi connectivity index (χ3v) is 1.74. The summed E-state index contributed by atoms with van der Waals surface area (Å²) in [6.45, 7) is 2.39. The minimum atomic E-state index is -0.137. The van der Waals surface area contributed by atoms with Crippen molar-refractivity contribution in [2.75, 3.05) is 19.8 Å². The molecule has 3 N–H and O–H groups in total. The van der Waals surface area contributed by atoms with Gasteiger partial charge in [-0.15, -0.1) is 0 Å². The van der Waals surface area contributed by atoms with Gasteiger partial charge in [0.1, 0.15) is 0 Å². The molecule has 9 heavy (non-hydrogen) atoms. The van der Waals surface area contributed by atoms with Crippen LogP contribution in [-0.2, 0) is 0 Å². The summed E-state index contributed by atoms with van der Waals surface area (Å²) in [5.74, 6) is 0. The van der Waals surface area contributed by atoms with E-state index in [0.29, 0.717) is 6.67 Å². The molecule has 3 nitrogen and oxygen atoms in total. The number of β-amino-alcohol motifs (C(OH)–C–C–N with tert-alkyl or cyclic N) is 1. The molecule has 0 saturated carbocycles. The van der Waals surface area contributed by atoms with Crippen molar-refractivity contribution in [1.29, 1.82) is 0 Å². The summed E-state index contributed by atoms with van der Waals surface area (Å²) in [4.78, 5) is 2.06. The van der Waals surface area contributed by atoms with Crippen LogP contribution in [0.5, 0.6) is 0 Å². The van der Waals surface area contributed by atoms with Crippen LogP contribution in [0.25, 0.3) is 0 Å². The fourth-order valence-electron chi connectivity index (χ4n) is 1.20. The first-order chi connectivity index (χ1) is 4.33. The Labute approximate surface area is 55.5 Å². The standard InChI is InChI=1S/C6H14N2O/c7-5-8-3-1-2-6(9)4-8/h6,9H,1-5,7H2. The van der Waals surface area contributed by atoms with Crippen molar-refractivity contribution in [2.24, 2.45) is 5.73 Å². The number of piperidine rings is 1. The lowest BCUT2D eigenvalue weighted by Crippen LogP contribution is -2.41. The summed E-state index contributed by atoms with van der Waals surface area (Å²) in [7, 11) is 0. The van der Waals surface area contributed by atoms with Gasteiger partial charge in [-0.2, -0.15) is 0 Å². The highest BCUT2D eigenvalue weighted by atomic mass is 16.3. The second kappa shape index (κ2) is 3.15. The van der Waals surface area contributed by atoms with Gasteiger partial charge in [0, 0.05) is 13.2 Å². The van der Waals surface area contributed by atoms with Crippen LogP contribution in [0.15, 0.2) is 0 Å². The number of likely N-dealkylation sites (tertiary alicyclic amines) is 1. The van der Waals surface area contributed by atoms with Crippen molar-refractivity contribution < 1.29 is 5.11 Å². The molecule has 0 spiro atoms. The second-order valence-electron chi connectivity index (χ2n) is 2.56. The molecule has 1 atom stereocenters. The largest absolute Gasteiger partial charge is 0.392 e. The highest BCUT2D eigenvalue weighted by Gasteiger charge is 2.15. The van der Waals surface area contributed by atoms with E-state index >= 15 is 0 Å². The monoisotopic (exact) mass is 130 g/mol. The summed E-state index contributed by atoms with van der Waals surface area (Å²) >= 11 is 0. The van der Waals surface area contributed by atoms with Gasteiger partial charge in [0.05, 0.1) is 6.10 Å². The minimum Gasteiger partial charge on any atom is -0.392 e. The van der Waals surface area contributed by atoms with Crippen LogP contribution in [0.2, 0.25) is 0 Å². The van der Waals surface area contributed by atoms with Crippen LogP contribution in [-0.4, -0.2) is 35.9 Å². The quantitative estimate of drug-likeness (QED) is 0.496. The van der Waals surface area contributed by atoms with E-state index in [1.54, 1.807) is 0 Å². The molecular weight excluding hydrogens is 116 g/mol. The third-order valence-electron chi connectivity index (χ3n) is 1.74. The van der Waals surface area contributed by atoms with Gasteiger partial charge in [0.15, 0.2) is 0 Å². The topological polar surface area (TPSA) is 49.5 Å². The molecule has 0 aromatic rings. The van der Waals surface area contributed by atoms with Crippen molar-refractivity contribution >= 4 is 0 Å². The number of rotatable bonds is 1. The highest BCUT2D eigenvalue weighted by Crippen LogP contribution is 2.07. The summed E-state index contributed by atoms with van der Waals surface area (Å²) in [6, 6.07) is 0. The lowest BCUT2D eigenvalue weighted by atomic mass is 10.1. The molecule has 1 fully saturated rings. The number of aliphatic hydroxyl groups is 1. The Hall–Kier alpha value is -0.120. The predicted octanol–water partition coefficient (Wildman–Crippen LogP) is -0.641. The molecule has 0 aromatic heterocycles. The van der Waals surface area contributed by atoms with Gasteiger partial charge in [-0.1, -0.05) is 0 Å². The maximum atomic E-state index is 9.11. The zero-order valence-corrected chi connectivity index (χ0v) is 5.58. The van der Waals surface area contributed by atoms with E-state index in [0.717, 1.165) is 25.9 Å². The predicted molar refractivity (Wildman–Crippen MR) is 35.9 cm³/mol. The molecule has 0 bridgehead atoms. The van der Waals surface area contributed by atoms with Gasteiger partial charge in [0.2, 0.25) is 0 Å². The average molecular weight is 130 g/mol. The zero-order chi connectivity index (χ0) is 6.69. The normalized spacial score (nSPS) is 30.7. The highest BCUT2D eigenvalue weighted by molar-refractivity contribution is 4.69. The Morgan fingerprint density at radius 1 is 1.67 bits per heavy atom. The van der Waals surface area contributed by atoms with E-state index in [2.05, 4.69) is 4.90 Å². The molecule has 1 rings (SSSR count). The Balaban J connectivity index is 2.23. The Morgan fingerprint density at radius 3 is 2.89 bits per heavy atom. The van der Waals surface area contributed by atoms with E-state index in [1.165, 1.54) is 0 Å². The van der Waals surface area contributed by atoms with Gasteiger partial charge in [-0.25, -0.2) is 0 Å². The minimum absolute atomic E-state index is 0.137. The van der Waals surface area contributed by atoms with E-state index < -0.39 is 0 Å². The number of hydrogen-bond acceptors (Lipinski definition) is 3. The van der Waals surface area contributed by atoms with Crippen LogP contribution < -0.4 is 5.73 Å². The molecule has 1 unspecified atom stereocenters. The Bertz CT molecular complexity index is 87.1. The molecule has 1 saturated heterocycles. The van der Waals surface area contributed by atoms with Gasteiger partial charge in [0.25, 0.3) is 0 Å². The molecule has 0 radical (unpaired) electrons. The first-order valence-corrected chi connectivity index (χ1v) is 3.43. The van der Waals surface area contributed by atoms with Gasteiger partial charge in [-0.05, 0) is 19.4 Å². The molecule has 3 heteroatoms. The van der Waals surface area contributed by atoms with Crippen molar-refractivity contribution in [1.82, 2.24) is 4.90 Å². The smallest absolute Gasteiger partial charge is 0.0668 e. The number of aliphatic hydroxyl groups excluding tert-OH is 1. The Kier molecular flexibility index (Phi) is 2.45. The molecule has 1 heterocycles. The van der Waals surface area contributed by atoms with Crippen molar-refractivity contribution in [3.63, 3.8) is 0 Å². The third kappa shape index (κ3) is 1.93. The van der Waals surface area contributed by atoms with E-state index in [1.807, 2.05) is 0 Å². The maximum absolute atomic E-state index is 9.11. The average Bonchev–Trinajstić information content (AvgIpc) is 1.88.